The van der Waals surface area contributed by atoms with Crippen LogP contribution in [0, 0.1) is 23.2 Å². The molecule has 2 aromatic rings. The molecule has 3 atom stereocenters. The summed E-state index contributed by atoms with van der Waals surface area (Å²) >= 11 is 1.59. The lowest BCUT2D eigenvalue weighted by atomic mass is 9.88. The summed E-state index contributed by atoms with van der Waals surface area (Å²) in [5, 5.41) is 3.81. The van der Waals surface area contributed by atoms with Gasteiger partial charge in [-0.2, -0.15) is 0 Å². The molecule has 2 fully saturated rings. The maximum Gasteiger partial charge on any atom is 0.229 e. The van der Waals surface area contributed by atoms with Crippen LogP contribution in [0.25, 0.3) is 0 Å². The molecule has 4 heteroatoms. The average molecular weight is 336 g/mol. The predicted molar refractivity (Wildman–Crippen MR) is 95.9 cm³/mol. The van der Waals surface area contributed by atoms with Crippen LogP contribution in [0.5, 0.6) is 0 Å². The van der Waals surface area contributed by atoms with Crippen molar-refractivity contribution in [2.45, 2.75) is 25.7 Å². The summed E-state index contributed by atoms with van der Waals surface area (Å²) in [6.45, 7) is 0. The first-order valence-corrected chi connectivity index (χ1v) is 9.54. The second kappa shape index (κ2) is 5.28. The van der Waals surface area contributed by atoms with Crippen LogP contribution in [0.15, 0.2) is 48.7 Å². The molecule has 1 aromatic carbocycles. The van der Waals surface area contributed by atoms with Gasteiger partial charge < -0.3 is 5.32 Å². The third-order valence-electron chi connectivity index (χ3n) is 6.06. The Morgan fingerprint density at radius 2 is 2.08 bits per heavy atom. The molecule has 1 N–H and O–H groups in total. The highest BCUT2D eigenvalue weighted by atomic mass is 32.1. The number of hydrogen-bond donors (Lipinski definition) is 1. The summed E-state index contributed by atoms with van der Waals surface area (Å²) in [6.07, 6.45) is 11.0. The zero-order valence-corrected chi connectivity index (χ0v) is 14.3. The number of nitrogens with one attached hydrogen (secondary N) is 1. The van der Waals surface area contributed by atoms with Gasteiger partial charge in [0.1, 0.15) is 0 Å². The summed E-state index contributed by atoms with van der Waals surface area (Å²) in [6, 6.07) is 10.4. The van der Waals surface area contributed by atoms with E-state index in [0.717, 1.165) is 18.0 Å². The van der Waals surface area contributed by atoms with Crippen molar-refractivity contribution in [2.75, 3.05) is 5.32 Å². The van der Waals surface area contributed by atoms with Gasteiger partial charge in [0.2, 0.25) is 5.91 Å². The van der Waals surface area contributed by atoms with Crippen LogP contribution in [0.4, 0.5) is 5.13 Å². The molecule has 0 aliphatic heterocycles. The summed E-state index contributed by atoms with van der Waals surface area (Å²) in [5.74, 6) is 1.41. The number of nitrogens with zero attached hydrogens (tertiary/aromatic N) is 1. The van der Waals surface area contributed by atoms with E-state index in [4.69, 9.17) is 0 Å². The highest BCUT2D eigenvalue weighted by Gasteiger charge is 2.64. The van der Waals surface area contributed by atoms with Gasteiger partial charge in [0.05, 0.1) is 0 Å². The van der Waals surface area contributed by atoms with Crippen LogP contribution >= 0.6 is 11.3 Å². The number of benzene rings is 1. The number of amides is 1. The Kier molecular flexibility index (Phi) is 3.17. The number of anilines is 1. The minimum Gasteiger partial charge on any atom is -0.302 e. The molecule has 3 aliphatic carbocycles. The highest BCUT2D eigenvalue weighted by Crippen LogP contribution is 2.70. The Bertz CT molecular complexity index is 806. The van der Waals surface area contributed by atoms with Gasteiger partial charge in [-0.3, -0.25) is 4.79 Å². The minimum absolute atomic E-state index is 0.143. The van der Waals surface area contributed by atoms with Crippen molar-refractivity contribution in [3.8, 4) is 0 Å². The van der Waals surface area contributed by atoms with Gasteiger partial charge in [-0.15, -0.1) is 11.3 Å². The maximum absolute atomic E-state index is 12.7. The fourth-order valence-corrected chi connectivity index (χ4v) is 5.56. The first kappa shape index (κ1) is 14.4. The monoisotopic (exact) mass is 336 g/mol. The van der Waals surface area contributed by atoms with Crippen molar-refractivity contribution < 1.29 is 4.79 Å². The lowest BCUT2D eigenvalue weighted by Crippen LogP contribution is -2.27. The molecule has 24 heavy (non-hydrogen) atoms. The second-order valence-electron chi connectivity index (χ2n) is 7.38. The van der Waals surface area contributed by atoms with Crippen molar-refractivity contribution in [2.24, 2.45) is 23.2 Å². The van der Waals surface area contributed by atoms with Crippen molar-refractivity contribution in [1.82, 2.24) is 4.98 Å². The van der Waals surface area contributed by atoms with Gasteiger partial charge in [-0.25, -0.2) is 4.98 Å². The number of allylic oxidation sites excluding steroid dienone is 2. The average Bonchev–Trinajstić information content (AvgIpc) is 3.06. The number of thiazole rings is 1. The Morgan fingerprint density at radius 1 is 1.25 bits per heavy atom. The van der Waals surface area contributed by atoms with Gasteiger partial charge in [0.15, 0.2) is 5.13 Å². The van der Waals surface area contributed by atoms with Crippen LogP contribution in [0.3, 0.4) is 0 Å². The lowest BCUT2D eigenvalue weighted by molar-refractivity contribution is -0.120. The molecule has 1 spiro atoms. The van der Waals surface area contributed by atoms with E-state index in [-0.39, 0.29) is 11.8 Å². The van der Waals surface area contributed by atoms with Crippen LogP contribution in [0.2, 0.25) is 0 Å². The maximum atomic E-state index is 12.7. The molecular formula is C20H20N2OS. The highest BCUT2D eigenvalue weighted by molar-refractivity contribution is 7.15. The molecule has 2 saturated carbocycles. The predicted octanol–water partition coefficient (Wildman–Crippen LogP) is 4.27. The first-order chi connectivity index (χ1) is 11.7. The van der Waals surface area contributed by atoms with Gasteiger partial charge in [0, 0.05) is 23.4 Å². The third-order valence-corrected chi connectivity index (χ3v) is 6.98. The van der Waals surface area contributed by atoms with Gasteiger partial charge in [0.25, 0.3) is 0 Å². The van der Waals surface area contributed by atoms with Crippen LogP contribution in [-0.2, 0) is 11.2 Å². The molecule has 122 valence electrons. The van der Waals surface area contributed by atoms with Crippen LogP contribution in [0.1, 0.15) is 29.7 Å². The van der Waals surface area contributed by atoms with E-state index in [9.17, 15) is 4.79 Å². The van der Waals surface area contributed by atoms with E-state index in [1.165, 1.54) is 23.3 Å². The van der Waals surface area contributed by atoms with E-state index in [1.807, 2.05) is 12.3 Å². The van der Waals surface area contributed by atoms with E-state index in [2.05, 4.69) is 46.7 Å². The van der Waals surface area contributed by atoms with E-state index < -0.39 is 0 Å². The fraction of sp³-hybridized carbons (Fsp3) is 0.400. The van der Waals surface area contributed by atoms with Crippen LogP contribution < -0.4 is 5.32 Å². The molecule has 0 unspecified atom stereocenters. The molecule has 0 radical (unpaired) electrons. The topological polar surface area (TPSA) is 42.0 Å². The van der Waals surface area contributed by atoms with Gasteiger partial charge in [-0.05, 0) is 42.1 Å². The zero-order valence-electron chi connectivity index (χ0n) is 13.4. The quantitative estimate of drug-likeness (QED) is 0.847. The van der Waals surface area contributed by atoms with Crippen molar-refractivity contribution in [1.29, 1.82) is 0 Å². The largest absolute Gasteiger partial charge is 0.302 e. The summed E-state index contributed by atoms with van der Waals surface area (Å²) in [7, 11) is 0. The Labute approximate surface area is 145 Å². The fourth-order valence-electron chi connectivity index (χ4n) is 4.71. The number of rotatable bonds is 4. The standard InChI is InChI=1S/C20H20N2OS/c23-18(16-11-14-6-7-17(16)20(14)8-9-20)22-19-21-12-15(24-19)10-13-4-2-1-3-5-13/h1-7,12,14,16-17H,8-11H2,(H,21,22,23)/t14-,16+,17-/m1/s1. The minimum atomic E-state index is 0.143. The van der Waals surface area contributed by atoms with E-state index in [0.29, 0.717) is 17.3 Å². The lowest BCUT2D eigenvalue weighted by Gasteiger charge is -2.18. The Balaban J connectivity index is 1.26. The van der Waals surface area contributed by atoms with Crippen molar-refractivity contribution >= 4 is 22.4 Å². The van der Waals surface area contributed by atoms with Gasteiger partial charge in [-0.1, -0.05) is 42.5 Å². The summed E-state index contributed by atoms with van der Waals surface area (Å²) in [5.41, 5.74) is 1.73. The van der Waals surface area contributed by atoms with E-state index in [1.54, 1.807) is 11.3 Å². The van der Waals surface area contributed by atoms with Crippen LogP contribution in [-0.4, -0.2) is 10.9 Å². The summed E-state index contributed by atoms with van der Waals surface area (Å²) < 4.78 is 0. The summed E-state index contributed by atoms with van der Waals surface area (Å²) in [4.78, 5) is 18.3. The van der Waals surface area contributed by atoms with Crippen molar-refractivity contribution in [3.05, 3.63) is 59.1 Å². The molecule has 1 amide bonds. The molecule has 1 heterocycles. The molecule has 0 saturated heterocycles. The Morgan fingerprint density at radius 3 is 2.83 bits per heavy atom. The number of hydrogen-bond acceptors (Lipinski definition) is 3. The molecule has 3 nitrogen and oxygen atoms in total. The number of aromatic nitrogens is 1. The SMILES string of the molecule is O=C(Nc1ncc(Cc2ccccc2)s1)[C@H]1C[C@H]2C=C[C@H]1C21CC1. The zero-order chi connectivity index (χ0) is 16.1. The molecule has 5 rings (SSSR count). The molecule has 1 aromatic heterocycles. The third kappa shape index (κ3) is 2.24. The molecular weight excluding hydrogens is 316 g/mol. The number of carbonyl (C=O) groups excluding carboxylic acids is 1. The Hall–Kier alpha value is -1.94. The smallest absolute Gasteiger partial charge is 0.229 e. The molecule has 3 aliphatic rings. The van der Waals surface area contributed by atoms with Gasteiger partial charge >= 0.3 is 0 Å². The molecule has 2 bridgehead atoms. The number of carbonyl (C=O) groups is 1. The van der Waals surface area contributed by atoms with E-state index >= 15 is 0 Å². The normalized spacial score (nSPS) is 28.4. The second-order valence-corrected chi connectivity index (χ2v) is 8.49. The van der Waals surface area contributed by atoms with Crippen molar-refractivity contribution in [3.63, 3.8) is 0 Å². The first-order valence-electron chi connectivity index (χ1n) is 8.72.